The second-order valence-electron chi connectivity index (χ2n) is 7.31. The molecular formula is C16H29N3OS. The fourth-order valence-electron chi connectivity index (χ4n) is 3.74. The highest BCUT2D eigenvalue weighted by Crippen LogP contribution is 2.40. The minimum absolute atomic E-state index is 0.148. The lowest BCUT2D eigenvalue weighted by Gasteiger charge is -2.39. The van der Waals surface area contributed by atoms with Gasteiger partial charge in [0.2, 0.25) is 5.91 Å². The van der Waals surface area contributed by atoms with Crippen LogP contribution >= 0.6 is 12.2 Å². The van der Waals surface area contributed by atoms with Crippen molar-refractivity contribution in [2.75, 3.05) is 19.6 Å². The average molecular weight is 311 g/mol. The van der Waals surface area contributed by atoms with Gasteiger partial charge < -0.3 is 11.1 Å². The molecule has 120 valence electrons. The first-order chi connectivity index (χ1) is 9.88. The normalized spacial score (nSPS) is 27.2. The van der Waals surface area contributed by atoms with Crippen molar-refractivity contribution >= 4 is 23.1 Å². The van der Waals surface area contributed by atoms with E-state index in [1.807, 2.05) is 0 Å². The Bertz CT molecular complexity index is 389. The maximum Gasteiger partial charge on any atom is 0.223 e. The van der Waals surface area contributed by atoms with Crippen molar-refractivity contribution in [1.29, 1.82) is 0 Å². The van der Waals surface area contributed by atoms with Gasteiger partial charge in [0.25, 0.3) is 0 Å². The molecule has 1 unspecified atom stereocenters. The van der Waals surface area contributed by atoms with Gasteiger partial charge in [-0.15, -0.1) is 0 Å². The van der Waals surface area contributed by atoms with Crippen molar-refractivity contribution in [2.24, 2.45) is 17.1 Å². The first kappa shape index (κ1) is 16.7. The van der Waals surface area contributed by atoms with E-state index >= 15 is 0 Å². The van der Waals surface area contributed by atoms with Gasteiger partial charge in [0.1, 0.15) is 0 Å². The van der Waals surface area contributed by atoms with Crippen LogP contribution in [0.4, 0.5) is 0 Å². The molecule has 0 spiro atoms. The molecule has 1 amide bonds. The number of piperidine rings is 1. The van der Waals surface area contributed by atoms with Crippen molar-refractivity contribution in [1.82, 2.24) is 10.2 Å². The lowest BCUT2D eigenvalue weighted by molar-refractivity contribution is -0.131. The molecule has 0 aromatic carbocycles. The second kappa shape index (κ2) is 7.05. The Morgan fingerprint density at radius 1 is 1.29 bits per heavy atom. The van der Waals surface area contributed by atoms with Gasteiger partial charge in [0.05, 0.1) is 4.99 Å². The van der Waals surface area contributed by atoms with E-state index in [-0.39, 0.29) is 17.2 Å². The molecule has 0 radical (unpaired) electrons. The van der Waals surface area contributed by atoms with Crippen LogP contribution in [-0.2, 0) is 4.79 Å². The van der Waals surface area contributed by atoms with E-state index in [2.05, 4.69) is 24.1 Å². The number of hydrogen-bond acceptors (Lipinski definition) is 3. The van der Waals surface area contributed by atoms with Gasteiger partial charge in [-0.1, -0.05) is 38.9 Å². The average Bonchev–Trinajstić information content (AvgIpc) is 2.39. The lowest BCUT2D eigenvalue weighted by Crippen LogP contribution is -2.50. The summed E-state index contributed by atoms with van der Waals surface area (Å²) in [4.78, 5) is 15.4. The Labute approximate surface area is 133 Å². The molecule has 1 aliphatic carbocycles. The molecule has 3 N–H and O–H groups in total. The molecular weight excluding hydrogens is 282 g/mol. The molecule has 1 aliphatic heterocycles. The summed E-state index contributed by atoms with van der Waals surface area (Å²) in [6.07, 6.45) is 6.65. The minimum Gasteiger partial charge on any atom is -0.392 e. The summed E-state index contributed by atoms with van der Waals surface area (Å²) in [6, 6.07) is 0.317. The van der Waals surface area contributed by atoms with Crippen LogP contribution in [-0.4, -0.2) is 41.5 Å². The lowest BCUT2D eigenvalue weighted by atomic mass is 9.68. The Morgan fingerprint density at radius 3 is 2.52 bits per heavy atom. The number of carbonyl (C=O) groups is 1. The van der Waals surface area contributed by atoms with E-state index in [0.717, 1.165) is 38.8 Å². The largest absolute Gasteiger partial charge is 0.392 e. The summed E-state index contributed by atoms with van der Waals surface area (Å²) in [6.45, 7) is 7.11. The third-order valence-electron chi connectivity index (χ3n) is 5.14. The molecule has 1 saturated carbocycles. The summed E-state index contributed by atoms with van der Waals surface area (Å²) in [5, 5.41) is 3.29. The number of carbonyl (C=O) groups excluding carboxylic acids is 1. The van der Waals surface area contributed by atoms with Crippen LogP contribution < -0.4 is 11.1 Å². The van der Waals surface area contributed by atoms with Crippen LogP contribution in [0.1, 0.15) is 52.4 Å². The topological polar surface area (TPSA) is 58.4 Å². The zero-order valence-electron chi connectivity index (χ0n) is 13.4. The maximum atomic E-state index is 12.6. The minimum atomic E-state index is 0.148. The van der Waals surface area contributed by atoms with Crippen LogP contribution in [0.5, 0.6) is 0 Å². The molecule has 21 heavy (non-hydrogen) atoms. The van der Waals surface area contributed by atoms with E-state index < -0.39 is 0 Å². The quantitative estimate of drug-likeness (QED) is 0.780. The fraction of sp³-hybridized carbons (Fsp3) is 0.875. The van der Waals surface area contributed by atoms with Crippen LogP contribution in [0.2, 0.25) is 0 Å². The zero-order valence-corrected chi connectivity index (χ0v) is 14.2. The molecule has 1 saturated heterocycles. The number of nitrogens with zero attached hydrogens (tertiary/aromatic N) is 1. The first-order valence-corrected chi connectivity index (χ1v) is 8.60. The Hall–Kier alpha value is -0.680. The van der Waals surface area contributed by atoms with Gasteiger partial charge in [-0.05, 0) is 31.1 Å². The van der Waals surface area contributed by atoms with E-state index in [1.165, 1.54) is 12.8 Å². The molecule has 5 heteroatoms. The Morgan fingerprint density at radius 2 is 1.95 bits per heavy atom. The predicted octanol–water partition coefficient (Wildman–Crippen LogP) is 2.07. The first-order valence-electron chi connectivity index (χ1n) is 8.19. The van der Waals surface area contributed by atoms with Gasteiger partial charge in [-0.25, -0.2) is 0 Å². The van der Waals surface area contributed by atoms with Crippen molar-refractivity contribution in [3.05, 3.63) is 0 Å². The Kier molecular flexibility index (Phi) is 5.60. The molecule has 0 aromatic rings. The number of thiocarbonyl (C=S) groups is 1. The van der Waals surface area contributed by atoms with Gasteiger partial charge in [0.15, 0.2) is 0 Å². The number of nitrogens with one attached hydrogen (secondary N) is 1. The number of nitrogens with two attached hydrogens (primary N) is 1. The molecule has 2 rings (SSSR count). The van der Waals surface area contributed by atoms with E-state index in [9.17, 15) is 4.79 Å². The molecule has 0 bridgehead atoms. The van der Waals surface area contributed by atoms with Gasteiger partial charge in [0, 0.05) is 31.6 Å². The molecule has 4 nitrogen and oxygen atoms in total. The summed E-state index contributed by atoms with van der Waals surface area (Å²) in [5.41, 5.74) is 5.73. The van der Waals surface area contributed by atoms with E-state index in [0.29, 0.717) is 17.6 Å². The van der Waals surface area contributed by atoms with Gasteiger partial charge in [-0.2, -0.15) is 0 Å². The highest BCUT2D eigenvalue weighted by atomic mass is 32.1. The second-order valence-corrected chi connectivity index (χ2v) is 7.84. The molecule has 1 atom stereocenters. The summed E-state index contributed by atoms with van der Waals surface area (Å²) < 4.78 is 0. The Balaban J connectivity index is 1.80. The van der Waals surface area contributed by atoms with Crippen molar-refractivity contribution in [3.8, 4) is 0 Å². The summed E-state index contributed by atoms with van der Waals surface area (Å²) in [7, 11) is 0. The highest BCUT2D eigenvalue weighted by molar-refractivity contribution is 7.80. The number of amides is 1. The highest BCUT2D eigenvalue weighted by Gasteiger charge is 2.37. The third-order valence-corrected chi connectivity index (χ3v) is 5.27. The van der Waals surface area contributed by atoms with Crippen LogP contribution in [0.15, 0.2) is 0 Å². The molecule has 2 aliphatic rings. The van der Waals surface area contributed by atoms with Crippen LogP contribution in [0, 0.1) is 11.3 Å². The maximum absolute atomic E-state index is 12.6. The fourth-order valence-corrected chi connectivity index (χ4v) is 3.92. The van der Waals surface area contributed by atoms with Crippen molar-refractivity contribution < 1.29 is 4.79 Å². The van der Waals surface area contributed by atoms with Crippen molar-refractivity contribution in [2.45, 2.75) is 58.4 Å². The SMILES string of the molecule is CC1(C)CCCCC1C(=O)NC1CCN(CC(N)=S)CC1. The number of hydrogen-bond donors (Lipinski definition) is 2. The molecule has 0 aromatic heterocycles. The van der Waals surface area contributed by atoms with Gasteiger partial charge in [-0.3, -0.25) is 9.69 Å². The van der Waals surface area contributed by atoms with E-state index in [1.54, 1.807) is 0 Å². The van der Waals surface area contributed by atoms with Gasteiger partial charge >= 0.3 is 0 Å². The smallest absolute Gasteiger partial charge is 0.223 e. The monoisotopic (exact) mass is 311 g/mol. The van der Waals surface area contributed by atoms with Crippen LogP contribution in [0.25, 0.3) is 0 Å². The number of likely N-dealkylation sites (tertiary alicyclic amines) is 1. The molecule has 2 fully saturated rings. The predicted molar refractivity (Wildman–Crippen MR) is 90.1 cm³/mol. The molecule has 1 heterocycles. The zero-order chi connectivity index (χ0) is 15.5. The van der Waals surface area contributed by atoms with Crippen LogP contribution in [0.3, 0.4) is 0 Å². The van der Waals surface area contributed by atoms with E-state index in [4.69, 9.17) is 18.0 Å². The number of rotatable bonds is 4. The summed E-state index contributed by atoms with van der Waals surface area (Å²) >= 11 is 4.95. The van der Waals surface area contributed by atoms with Crippen molar-refractivity contribution in [3.63, 3.8) is 0 Å². The third kappa shape index (κ3) is 4.65. The standard InChI is InChI=1S/C16H29N3OS/c1-16(2)8-4-3-5-13(16)15(20)18-12-6-9-19(10-7-12)11-14(17)21/h12-13H,3-11H2,1-2H3,(H2,17,21)(H,18,20). The summed E-state index contributed by atoms with van der Waals surface area (Å²) in [5.74, 6) is 0.452.